The highest BCUT2D eigenvalue weighted by Crippen LogP contribution is 2.37. The molecular formula is C20H23NO3S. The Balaban J connectivity index is 2.55. The van der Waals surface area contributed by atoms with Crippen molar-refractivity contribution in [3.8, 4) is 11.8 Å². The van der Waals surface area contributed by atoms with Gasteiger partial charge in [-0.1, -0.05) is 5.92 Å². The molecule has 1 unspecified atom stereocenters. The van der Waals surface area contributed by atoms with E-state index in [1.54, 1.807) is 21.0 Å². The van der Waals surface area contributed by atoms with Crippen molar-refractivity contribution in [1.29, 1.82) is 0 Å². The van der Waals surface area contributed by atoms with Gasteiger partial charge in [0.25, 0.3) is 0 Å². The summed E-state index contributed by atoms with van der Waals surface area (Å²) in [6, 6.07) is 3.93. The van der Waals surface area contributed by atoms with E-state index in [1.165, 1.54) is 4.90 Å². The molecule has 0 spiro atoms. The minimum atomic E-state index is -0.403. The molecule has 0 aromatic heterocycles. The van der Waals surface area contributed by atoms with Crippen molar-refractivity contribution in [3.63, 3.8) is 0 Å². The molecule has 25 heavy (non-hydrogen) atoms. The average Bonchev–Trinajstić information content (AvgIpc) is 2.54. The number of aryl methyl sites for hydroxylation is 2. The summed E-state index contributed by atoms with van der Waals surface area (Å²) in [7, 11) is 3.38. The number of thiol groups is 1. The van der Waals surface area contributed by atoms with Crippen molar-refractivity contribution in [1.82, 2.24) is 4.90 Å². The van der Waals surface area contributed by atoms with Gasteiger partial charge in [0.15, 0.2) is 5.78 Å². The zero-order valence-electron chi connectivity index (χ0n) is 15.3. The third-order valence-electron chi connectivity index (χ3n) is 4.37. The number of benzene rings is 1. The summed E-state index contributed by atoms with van der Waals surface area (Å²) in [5.74, 6) is 5.83. The van der Waals surface area contributed by atoms with E-state index in [2.05, 4.69) is 24.8 Å². The Labute approximate surface area is 154 Å². The summed E-state index contributed by atoms with van der Waals surface area (Å²) in [5.41, 5.74) is 4.22. The quantitative estimate of drug-likeness (QED) is 0.513. The van der Waals surface area contributed by atoms with Crippen molar-refractivity contribution in [2.45, 2.75) is 33.6 Å². The molecule has 0 saturated heterocycles. The topological polar surface area (TPSA) is 46.6 Å². The van der Waals surface area contributed by atoms with Crippen molar-refractivity contribution >= 4 is 30.2 Å². The van der Waals surface area contributed by atoms with Crippen LogP contribution in [0.2, 0.25) is 0 Å². The highest BCUT2D eigenvalue weighted by molar-refractivity contribution is 7.75. The number of allylic oxidation sites excluding steroid dienone is 2. The minimum absolute atomic E-state index is 0.0719. The summed E-state index contributed by atoms with van der Waals surface area (Å²) in [6.45, 7) is 5.70. The molecule has 0 fully saturated rings. The van der Waals surface area contributed by atoms with E-state index in [4.69, 9.17) is 4.18 Å². The smallest absolute Gasteiger partial charge is 0.226 e. The van der Waals surface area contributed by atoms with Crippen molar-refractivity contribution in [3.05, 3.63) is 40.1 Å². The predicted octanol–water partition coefficient (Wildman–Crippen LogP) is 3.31. The first-order chi connectivity index (χ1) is 11.8. The summed E-state index contributed by atoms with van der Waals surface area (Å²) in [5, 5.41) is 0. The first-order valence-corrected chi connectivity index (χ1v) is 8.50. The maximum absolute atomic E-state index is 12.8. The third kappa shape index (κ3) is 3.91. The zero-order chi connectivity index (χ0) is 18.7. The van der Waals surface area contributed by atoms with E-state index >= 15 is 0 Å². The van der Waals surface area contributed by atoms with Crippen LogP contribution in [0.1, 0.15) is 42.0 Å². The number of carbonyl (C=O) groups is 2. The van der Waals surface area contributed by atoms with Crippen molar-refractivity contribution < 1.29 is 13.8 Å². The molecule has 1 atom stereocenters. The summed E-state index contributed by atoms with van der Waals surface area (Å²) in [6.07, 6.45) is 0.555. The van der Waals surface area contributed by atoms with Crippen LogP contribution in [0, 0.1) is 31.6 Å². The normalized spacial score (nSPS) is 17.0. The fraction of sp³-hybridized carbons (Fsp3) is 0.400. The first-order valence-electron chi connectivity index (χ1n) is 8.13. The van der Waals surface area contributed by atoms with Gasteiger partial charge in [-0.15, -0.1) is 5.92 Å². The maximum Gasteiger partial charge on any atom is 0.226 e. The highest BCUT2D eigenvalue weighted by atomic mass is 32.1. The van der Waals surface area contributed by atoms with Gasteiger partial charge in [-0.2, -0.15) is 0 Å². The van der Waals surface area contributed by atoms with Crippen LogP contribution in [0.4, 0.5) is 0 Å². The second-order valence-electron chi connectivity index (χ2n) is 6.51. The van der Waals surface area contributed by atoms with Crippen LogP contribution in [-0.2, 0) is 13.8 Å². The number of rotatable bonds is 3. The van der Waals surface area contributed by atoms with Gasteiger partial charge in [-0.25, -0.2) is 0 Å². The molecule has 0 aliphatic heterocycles. The van der Waals surface area contributed by atoms with Gasteiger partial charge in [0, 0.05) is 45.4 Å². The lowest BCUT2D eigenvalue weighted by Crippen LogP contribution is -2.34. The zero-order valence-corrected chi connectivity index (χ0v) is 16.2. The molecule has 0 heterocycles. The lowest BCUT2D eigenvalue weighted by atomic mass is 9.80. The summed E-state index contributed by atoms with van der Waals surface area (Å²) in [4.78, 5) is 26.6. The maximum atomic E-state index is 12.8. The first kappa shape index (κ1) is 19.1. The van der Waals surface area contributed by atoms with E-state index in [0.717, 1.165) is 22.3 Å². The van der Waals surface area contributed by atoms with Crippen LogP contribution in [0.3, 0.4) is 0 Å². The SMILES string of the molecule is CC#Cc1cc(C)c(C2=C(OS)CC(C(=O)N(C)C)CC2=O)c(C)c1. The van der Waals surface area contributed by atoms with Gasteiger partial charge >= 0.3 is 0 Å². The molecule has 0 bridgehead atoms. The van der Waals surface area contributed by atoms with Gasteiger partial charge in [0.1, 0.15) is 5.76 Å². The number of hydrogen-bond acceptors (Lipinski definition) is 4. The van der Waals surface area contributed by atoms with Crippen LogP contribution in [-0.4, -0.2) is 30.7 Å². The molecule has 132 valence electrons. The van der Waals surface area contributed by atoms with Crippen LogP contribution >= 0.6 is 12.9 Å². The van der Waals surface area contributed by atoms with Gasteiger partial charge < -0.3 is 9.08 Å². The molecule has 1 aromatic rings. The molecule has 1 aliphatic carbocycles. The summed E-state index contributed by atoms with van der Waals surface area (Å²) >= 11 is 3.94. The lowest BCUT2D eigenvalue weighted by molar-refractivity contribution is -0.135. The van der Waals surface area contributed by atoms with E-state index in [1.807, 2.05) is 26.0 Å². The molecule has 1 amide bonds. The minimum Gasteiger partial charge on any atom is -0.433 e. The number of ketones is 1. The molecule has 0 saturated carbocycles. The van der Waals surface area contributed by atoms with E-state index in [-0.39, 0.29) is 18.1 Å². The van der Waals surface area contributed by atoms with Crippen LogP contribution in [0.25, 0.3) is 5.57 Å². The van der Waals surface area contributed by atoms with E-state index in [9.17, 15) is 9.59 Å². The molecule has 4 nitrogen and oxygen atoms in total. The molecule has 0 N–H and O–H groups in total. The number of nitrogens with zero attached hydrogens (tertiary/aromatic N) is 1. The number of hydrogen-bond donors (Lipinski definition) is 1. The number of Topliss-reactive ketones (excluding diaryl/α,β-unsaturated/α-hetero) is 1. The Hall–Kier alpha value is -2.19. The van der Waals surface area contributed by atoms with Gasteiger partial charge in [-0.05, 0) is 49.6 Å². The van der Waals surface area contributed by atoms with Crippen molar-refractivity contribution in [2.75, 3.05) is 14.1 Å². The van der Waals surface area contributed by atoms with Crippen LogP contribution in [0.15, 0.2) is 17.9 Å². The van der Waals surface area contributed by atoms with E-state index in [0.29, 0.717) is 17.8 Å². The second kappa shape index (κ2) is 7.79. The van der Waals surface area contributed by atoms with E-state index < -0.39 is 5.92 Å². The fourth-order valence-corrected chi connectivity index (χ4v) is 3.52. The molecule has 5 heteroatoms. The largest absolute Gasteiger partial charge is 0.433 e. The van der Waals surface area contributed by atoms with Crippen LogP contribution < -0.4 is 0 Å². The monoisotopic (exact) mass is 357 g/mol. The van der Waals surface area contributed by atoms with Crippen LogP contribution in [0.5, 0.6) is 0 Å². The van der Waals surface area contributed by atoms with Crippen molar-refractivity contribution in [2.24, 2.45) is 5.92 Å². The lowest BCUT2D eigenvalue weighted by Gasteiger charge is -2.27. The Bertz CT molecular complexity index is 789. The third-order valence-corrected chi connectivity index (χ3v) is 4.59. The molecule has 0 radical (unpaired) electrons. The van der Waals surface area contributed by atoms with Gasteiger partial charge in [0.05, 0.1) is 11.5 Å². The molecule has 1 aromatic carbocycles. The highest BCUT2D eigenvalue weighted by Gasteiger charge is 2.35. The number of carbonyl (C=O) groups excluding carboxylic acids is 2. The predicted molar refractivity (Wildman–Crippen MR) is 102 cm³/mol. The van der Waals surface area contributed by atoms with Gasteiger partial charge in [-0.3, -0.25) is 9.59 Å². The Morgan fingerprint density at radius 1 is 1.24 bits per heavy atom. The Kier molecular flexibility index (Phi) is 5.97. The Morgan fingerprint density at radius 2 is 1.84 bits per heavy atom. The Morgan fingerprint density at radius 3 is 2.32 bits per heavy atom. The molecule has 1 aliphatic rings. The average molecular weight is 357 g/mol. The van der Waals surface area contributed by atoms with Gasteiger partial charge in [0.2, 0.25) is 5.91 Å². The second-order valence-corrected chi connectivity index (χ2v) is 6.69. The standard InChI is InChI=1S/C20H23NO3S/c1-6-7-14-8-12(2)18(13(3)9-14)19-16(22)10-15(11-17(19)24-25)20(23)21(4)5/h8-9,15,25H,10-11H2,1-5H3. The molecular weight excluding hydrogens is 334 g/mol. The number of amides is 1. The molecule has 2 rings (SSSR count). The summed E-state index contributed by atoms with van der Waals surface area (Å²) < 4.78 is 5.23. The fourth-order valence-electron chi connectivity index (χ4n) is 3.36.